The van der Waals surface area contributed by atoms with E-state index in [0.717, 1.165) is 44.5 Å². The minimum absolute atomic E-state index is 0.0286. The molecule has 2 fully saturated rings. The van der Waals surface area contributed by atoms with Gasteiger partial charge in [-0.3, -0.25) is 23.8 Å². The molecule has 2 aliphatic rings. The molecule has 2 saturated heterocycles. The number of halogens is 1. The first-order valence-electron chi connectivity index (χ1n) is 13.8. The summed E-state index contributed by atoms with van der Waals surface area (Å²) < 4.78 is 25.2. The van der Waals surface area contributed by atoms with Crippen LogP contribution in [0.5, 0.6) is 0 Å². The van der Waals surface area contributed by atoms with Gasteiger partial charge < -0.3 is 9.64 Å². The summed E-state index contributed by atoms with van der Waals surface area (Å²) in [6.07, 6.45) is 1.77. The number of aromatic nitrogens is 2. The number of carbonyl (C=O) groups excluding carboxylic acids is 1. The molecule has 2 aliphatic heterocycles. The number of fused-ring (bicyclic) bond motifs is 1. The van der Waals surface area contributed by atoms with Crippen molar-refractivity contribution in [3.05, 3.63) is 82.5 Å². The van der Waals surface area contributed by atoms with Crippen LogP contribution in [0.15, 0.2) is 60.8 Å². The lowest BCUT2D eigenvalue weighted by Gasteiger charge is -2.41. The maximum Gasteiger partial charge on any atom is 0.254 e. The van der Waals surface area contributed by atoms with E-state index >= 15 is 0 Å². The van der Waals surface area contributed by atoms with Crippen molar-refractivity contribution >= 4 is 39.1 Å². The maximum absolute atomic E-state index is 13.0. The number of hydrogen-bond acceptors (Lipinski definition) is 7. The topological polar surface area (TPSA) is 99.0 Å². The number of benzene rings is 3. The van der Waals surface area contributed by atoms with Crippen LogP contribution in [0.1, 0.15) is 21.5 Å². The minimum atomic E-state index is -2.43. The zero-order chi connectivity index (χ0) is 28.6. The number of hydrogen-bond donors (Lipinski definition) is 2. The summed E-state index contributed by atoms with van der Waals surface area (Å²) in [6, 6.07) is 17.8. The van der Waals surface area contributed by atoms with Crippen LogP contribution in [0.4, 0.5) is 0 Å². The van der Waals surface area contributed by atoms with Gasteiger partial charge in [0.2, 0.25) is 0 Å². The van der Waals surface area contributed by atoms with E-state index in [1.165, 1.54) is 0 Å². The highest BCUT2D eigenvalue weighted by Gasteiger charge is 2.23. The van der Waals surface area contributed by atoms with Gasteiger partial charge in [-0.05, 0) is 47.9 Å². The molecule has 0 radical (unpaired) electrons. The Morgan fingerprint density at radius 2 is 1.76 bits per heavy atom. The second-order valence-corrected chi connectivity index (χ2v) is 13.5. The predicted octanol–water partition coefficient (Wildman–Crippen LogP) is 5.96. The summed E-state index contributed by atoms with van der Waals surface area (Å²) in [5, 5.41) is 0.664. The molecule has 0 aliphatic carbocycles. The molecule has 2 N–H and O–H groups in total. The summed E-state index contributed by atoms with van der Waals surface area (Å²) in [5.41, 5.74) is 7.68. The van der Waals surface area contributed by atoms with E-state index in [-0.39, 0.29) is 5.91 Å². The van der Waals surface area contributed by atoms with Gasteiger partial charge >= 0.3 is 0 Å². The van der Waals surface area contributed by atoms with Crippen molar-refractivity contribution < 1.29 is 18.6 Å². The van der Waals surface area contributed by atoms with E-state index in [1.54, 1.807) is 6.20 Å². The van der Waals surface area contributed by atoms with Crippen molar-refractivity contribution in [3.63, 3.8) is 0 Å². The average Bonchev–Trinajstić information content (AvgIpc) is 2.98. The summed E-state index contributed by atoms with van der Waals surface area (Å²) >= 11 is 6.75. The van der Waals surface area contributed by atoms with Crippen molar-refractivity contribution in [1.29, 1.82) is 0 Å². The van der Waals surface area contributed by atoms with Crippen LogP contribution in [-0.4, -0.2) is 85.7 Å². The first kappa shape index (κ1) is 28.1. The van der Waals surface area contributed by atoms with E-state index in [0.29, 0.717) is 68.0 Å². The number of ether oxygens (including phenoxy) is 1. The van der Waals surface area contributed by atoms with Crippen LogP contribution in [0.25, 0.3) is 33.4 Å². The monoisotopic (exact) mass is 592 g/mol. The number of para-hydroxylation sites is 1. The Balaban J connectivity index is 1.26. The molecule has 41 heavy (non-hydrogen) atoms. The summed E-state index contributed by atoms with van der Waals surface area (Å²) in [7, 11) is -2.43. The highest BCUT2D eigenvalue weighted by Crippen LogP contribution is 2.41. The third kappa shape index (κ3) is 6.11. The molecule has 0 spiro atoms. The van der Waals surface area contributed by atoms with Crippen LogP contribution < -0.4 is 0 Å². The third-order valence-corrected chi connectivity index (χ3v) is 9.88. The SMILES string of the molecule is Cc1cc(-c2cnc3cccc(-c4ccc(CN5CCS(O)(O)CC5)c(Cl)c4)c3n2)ccc1C(=O)N1CCOCC1. The van der Waals surface area contributed by atoms with Crippen molar-refractivity contribution in [2.24, 2.45) is 0 Å². The van der Waals surface area contributed by atoms with Gasteiger partial charge in [0.15, 0.2) is 0 Å². The molecule has 1 aromatic heterocycles. The number of amides is 1. The summed E-state index contributed by atoms with van der Waals surface area (Å²) in [5.74, 6) is 0.846. The molecule has 0 unspecified atom stereocenters. The van der Waals surface area contributed by atoms with Crippen molar-refractivity contribution in [3.8, 4) is 22.4 Å². The molecular formula is C31H33ClN4O4S. The Kier molecular flexibility index (Phi) is 8.00. The van der Waals surface area contributed by atoms with Crippen LogP contribution >= 0.6 is 22.2 Å². The molecule has 0 saturated carbocycles. The molecule has 10 heteroatoms. The zero-order valence-corrected chi connectivity index (χ0v) is 24.5. The van der Waals surface area contributed by atoms with Gasteiger partial charge in [-0.1, -0.05) is 41.9 Å². The number of nitrogens with zero attached hydrogens (tertiary/aromatic N) is 4. The Morgan fingerprint density at radius 1 is 1.00 bits per heavy atom. The van der Waals surface area contributed by atoms with E-state index in [1.807, 2.05) is 60.4 Å². The second-order valence-electron chi connectivity index (χ2n) is 10.7. The van der Waals surface area contributed by atoms with Gasteiger partial charge in [-0.25, -0.2) is 4.98 Å². The first-order chi connectivity index (χ1) is 19.8. The molecule has 3 aromatic carbocycles. The van der Waals surface area contributed by atoms with Crippen molar-refractivity contribution in [1.82, 2.24) is 19.8 Å². The fourth-order valence-corrected chi connectivity index (χ4v) is 6.96. The molecule has 3 heterocycles. The minimum Gasteiger partial charge on any atom is -0.378 e. The smallest absolute Gasteiger partial charge is 0.254 e. The zero-order valence-electron chi connectivity index (χ0n) is 22.9. The Bertz CT molecular complexity index is 1600. The molecule has 214 valence electrons. The Morgan fingerprint density at radius 3 is 2.49 bits per heavy atom. The standard InChI is InChI=1S/C31H33ClN4O4S/c1-21-17-23(7-8-25(21)31(37)36-9-13-40-14-10-36)29-19-33-28-4-2-3-26(30(28)34-29)22-5-6-24(27(32)18-22)20-35-11-15-41(38,39)16-12-35/h2-8,17-19,38-39H,9-16,20H2,1H3. The van der Waals surface area contributed by atoms with Crippen LogP contribution in [0.3, 0.4) is 0 Å². The quantitative estimate of drug-likeness (QED) is 0.295. The molecule has 8 nitrogen and oxygen atoms in total. The molecule has 4 aromatic rings. The normalized spacial score (nSPS) is 18.4. The molecule has 0 atom stereocenters. The van der Waals surface area contributed by atoms with Crippen LogP contribution in [0, 0.1) is 6.92 Å². The molecular weight excluding hydrogens is 560 g/mol. The summed E-state index contributed by atoms with van der Waals surface area (Å²) in [4.78, 5) is 26.8. The largest absolute Gasteiger partial charge is 0.378 e. The molecule has 1 amide bonds. The van der Waals surface area contributed by atoms with E-state index in [2.05, 4.69) is 11.0 Å². The van der Waals surface area contributed by atoms with E-state index < -0.39 is 10.6 Å². The molecule has 0 bridgehead atoms. The van der Waals surface area contributed by atoms with Gasteiger partial charge in [0.25, 0.3) is 5.91 Å². The predicted molar refractivity (Wildman–Crippen MR) is 165 cm³/mol. The number of morpholine rings is 1. The van der Waals surface area contributed by atoms with Crippen LogP contribution in [-0.2, 0) is 11.3 Å². The van der Waals surface area contributed by atoms with E-state index in [4.69, 9.17) is 26.3 Å². The van der Waals surface area contributed by atoms with Crippen molar-refractivity contribution in [2.45, 2.75) is 13.5 Å². The Labute approximate surface area is 246 Å². The van der Waals surface area contributed by atoms with E-state index in [9.17, 15) is 13.9 Å². The fraction of sp³-hybridized carbons (Fsp3) is 0.323. The van der Waals surface area contributed by atoms with Crippen LogP contribution in [0.2, 0.25) is 5.02 Å². The average molecular weight is 593 g/mol. The Hall–Kier alpha value is -3.05. The van der Waals surface area contributed by atoms with Gasteiger partial charge in [0, 0.05) is 54.4 Å². The van der Waals surface area contributed by atoms with Crippen molar-refractivity contribution in [2.75, 3.05) is 50.9 Å². The maximum atomic E-state index is 13.0. The van der Waals surface area contributed by atoms with Gasteiger partial charge in [-0.2, -0.15) is 10.6 Å². The lowest BCUT2D eigenvalue weighted by atomic mass is 10.0. The number of carbonyl (C=O) groups is 1. The highest BCUT2D eigenvalue weighted by molar-refractivity contribution is 8.24. The number of aryl methyl sites for hydroxylation is 1. The lowest BCUT2D eigenvalue weighted by molar-refractivity contribution is 0.0302. The highest BCUT2D eigenvalue weighted by atomic mass is 35.5. The van der Waals surface area contributed by atoms with Gasteiger partial charge in [0.1, 0.15) is 0 Å². The summed E-state index contributed by atoms with van der Waals surface area (Å²) in [6.45, 7) is 6.26. The fourth-order valence-electron chi connectivity index (χ4n) is 5.41. The van der Waals surface area contributed by atoms with Gasteiger partial charge in [0.05, 0.1) is 47.6 Å². The number of rotatable bonds is 5. The lowest BCUT2D eigenvalue weighted by Crippen LogP contribution is -2.40. The third-order valence-electron chi connectivity index (χ3n) is 7.85. The van der Waals surface area contributed by atoms with Gasteiger partial charge in [-0.15, -0.1) is 0 Å². The second kappa shape index (κ2) is 11.7. The first-order valence-corrected chi connectivity index (χ1v) is 16.0. The molecule has 6 rings (SSSR count).